The van der Waals surface area contributed by atoms with Crippen molar-refractivity contribution in [2.75, 3.05) is 6.54 Å². The number of aromatic nitrogens is 2. The van der Waals surface area contributed by atoms with Crippen LogP contribution in [0.25, 0.3) is 11.0 Å². The fraction of sp³-hybridized carbons (Fsp3) is 0.263. The van der Waals surface area contributed by atoms with Crippen molar-refractivity contribution in [3.63, 3.8) is 0 Å². The average Bonchev–Trinajstić information content (AvgIpc) is 3.08. The number of hydrogen-bond acceptors (Lipinski definition) is 3. The van der Waals surface area contributed by atoms with Crippen molar-refractivity contribution < 1.29 is 9.90 Å². The summed E-state index contributed by atoms with van der Waals surface area (Å²) >= 11 is 0. The van der Waals surface area contributed by atoms with E-state index < -0.39 is 5.60 Å². The zero-order valence-electron chi connectivity index (χ0n) is 13.2. The van der Waals surface area contributed by atoms with E-state index in [0.717, 1.165) is 29.4 Å². The third-order valence-electron chi connectivity index (χ3n) is 4.78. The molecule has 1 aliphatic carbocycles. The number of benzene rings is 2. The number of H-pyrrole nitrogens is 1. The van der Waals surface area contributed by atoms with Crippen LogP contribution in [-0.2, 0) is 12.0 Å². The third-order valence-corrected chi connectivity index (χ3v) is 4.78. The second-order valence-corrected chi connectivity index (χ2v) is 6.36. The van der Waals surface area contributed by atoms with E-state index in [9.17, 15) is 9.90 Å². The molecule has 4 rings (SSSR count). The molecule has 122 valence electrons. The van der Waals surface area contributed by atoms with Crippen molar-refractivity contribution in [3.8, 4) is 0 Å². The molecule has 0 saturated heterocycles. The molecule has 0 fully saturated rings. The first kappa shape index (κ1) is 14.9. The minimum Gasteiger partial charge on any atom is -0.383 e. The topological polar surface area (TPSA) is 78.0 Å². The Hall–Kier alpha value is -2.66. The summed E-state index contributed by atoms with van der Waals surface area (Å²) in [7, 11) is 0. The summed E-state index contributed by atoms with van der Waals surface area (Å²) in [6.07, 6.45) is 4.16. The van der Waals surface area contributed by atoms with Gasteiger partial charge >= 0.3 is 0 Å². The molecule has 5 heteroatoms. The van der Waals surface area contributed by atoms with Gasteiger partial charge in [-0.2, -0.15) is 0 Å². The number of aryl methyl sites for hydroxylation is 1. The number of hydrogen-bond donors (Lipinski definition) is 3. The van der Waals surface area contributed by atoms with Crippen molar-refractivity contribution in [2.24, 2.45) is 0 Å². The van der Waals surface area contributed by atoms with Crippen molar-refractivity contribution in [1.29, 1.82) is 0 Å². The number of rotatable bonds is 3. The maximum Gasteiger partial charge on any atom is 0.251 e. The maximum atomic E-state index is 12.5. The van der Waals surface area contributed by atoms with Gasteiger partial charge < -0.3 is 15.4 Å². The van der Waals surface area contributed by atoms with Crippen LogP contribution in [0.4, 0.5) is 0 Å². The molecule has 1 heterocycles. The Balaban J connectivity index is 1.53. The van der Waals surface area contributed by atoms with Crippen LogP contribution in [0, 0.1) is 0 Å². The summed E-state index contributed by atoms with van der Waals surface area (Å²) in [6, 6.07) is 13.3. The molecule has 1 unspecified atom stereocenters. The Kier molecular flexibility index (Phi) is 3.58. The number of imidazole rings is 1. The van der Waals surface area contributed by atoms with Gasteiger partial charge in [0.1, 0.15) is 5.60 Å². The fourth-order valence-corrected chi connectivity index (χ4v) is 3.49. The van der Waals surface area contributed by atoms with Crippen LogP contribution in [-0.4, -0.2) is 27.5 Å². The number of amides is 1. The van der Waals surface area contributed by atoms with Crippen LogP contribution < -0.4 is 5.32 Å². The number of fused-ring (bicyclic) bond motifs is 2. The van der Waals surface area contributed by atoms with Crippen molar-refractivity contribution in [1.82, 2.24) is 15.3 Å². The third kappa shape index (κ3) is 2.57. The van der Waals surface area contributed by atoms with Crippen LogP contribution in [0.3, 0.4) is 0 Å². The first-order chi connectivity index (χ1) is 11.7. The molecule has 0 radical (unpaired) electrons. The molecule has 3 N–H and O–H groups in total. The zero-order chi connectivity index (χ0) is 16.6. The van der Waals surface area contributed by atoms with E-state index in [1.807, 2.05) is 30.3 Å². The molecule has 1 aromatic heterocycles. The highest BCUT2D eigenvalue weighted by atomic mass is 16.3. The zero-order valence-corrected chi connectivity index (χ0v) is 13.2. The number of carbonyl (C=O) groups excluding carboxylic acids is 1. The number of nitrogens with one attached hydrogen (secondary N) is 2. The first-order valence-electron chi connectivity index (χ1n) is 8.18. The van der Waals surface area contributed by atoms with Crippen LogP contribution in [0.15, 0.2) is 48.8 Å². The minimum atomic E-state index is -0.997. The van der Waals surface area contributed by atoms with Gasteiger partial charge in [-0.05, 0) is 48.6 Å². The van der Waals surface area contributed by atoms with Gasteiger partial charge in [-0.3, -0.25) is 4.79 Å². The summed E-state index contributed by atoms with van der Waals surface area (Å²) in [5.74, 6) is -0.192. The largest absolute Gasteiger partial charge is 0.383 e. The molecule has 1 atom stereocenters. The summed E-state index contributed by atoms with van der Waals surface area (Å²) < 4.78 is 0. The van der Waals surface area contributed by atoms with Gasteiger partial charge in [0.15, 0.2) is 0 Å². The highest BCUT2D eigenvalue weighted by Crippen LogP contribution is 2.34. The Morgan fingerprint density at radius 3 is 3.08 bits per heavy atom. The number of aromatic amines is 1. The van der Waals surface area contributed by atoms with Gasteiger partial charge in [0.25, 0.3) is 5.91 Å². The van der Waals surface area contributed by atoms with E-state index in [0.29, 0.717) is 12.0 Å². The maximum absolute atomic E-state index is 12.5. The van der Waals surface area contributed by atoms with Crippen LogP contribution in [0.5, 0.6) is 0 Å². The monoisotopic (exact) mass is 321 g/mol. The van der Waals surface area contributed by atoms with E-state index in [2.05, 4.69) is 15.3 Å². The second kappa shape index (κ2) is 5.76. The van der Waals surface area contributed by atoms with E-state index in [4.69, 9.17) is 0 Å². The summed E-state index contributed by atoms with van der Waals surface area (Å²) in [5, 5.41) is 13.9. The minimum absolute atomic E-state index is 0.192. The normalized spacial score (nSPS) is 19.9. The van der Waals surface area contributed by atoms with Gasteiger partial charge in [0.05, 0.1) is 23.9 Å². The van der Waals surface area contributed by atoms with E-state index in [1.165, 1.54) is 5.56 Å². The fourth-order valence-electron chi connectivity index (χ4n) is 3.49. The lowest BCUT2D eigenvalue weighted by molar-refractivity contribution is 0.0189. The number of carbonyl (C=O) groups is 1. The summed E-state index contributed by atoms with van der Waals surface area (Å²) in [6.45, 7) is 0.212. The molecule has 5 nitrogen and oxygen atoms in total. The lowest BCUT2D eigenvalue weighted by Gasteiger charge is -2.34. The van der Waals surface area contributed by atoms with Gasteiger partial charge in [-0.15, -0.1) is 0 Å². The van der Waals surface area contributed by atoms with Crippen molar-refractivity contribution >= 4 is 16.9 Å². The molecule has 3 aromatic rings. The quantitative estimate of drug-likeness (QED) is 0.693. The van der Waals surface area contributed by atoms with Crippen LogP contribution >= 0.6 is 0 Å². The van der Waals surface area contributed by atoms with Gasteiger partial charge in [-0.1, -0.05) is 24.3 Å². The standard InChI is InChI=1S/C19H19N3O2/c23-18(14-7-8-16-17(10-14)22-12-21-16)20-11-19(24)9-3-5-13-4-1-2-6-15(13)19/h1-2,4,6-8,10,12,24H,3,5,9,11H2,(H,20,23)(H,21,22). The number of nitrogens with zero attached hydrogens (tertiary/aromatic N) is 1. The molecule has 0 aliphatic heterocycles. The average molecular weight is 321 g/mol. The first-order valence-corrected chi connectivity index (χ1v) is 8.18. The lowest BCUT2D eigenvalue weighted by atomic mass is 9.79. The molecule has 0 saturated carbocycles. The van der Waals surface area contributed by atoms with Gasteiger partial charge in [-0.25, -0.2) is 4.98 Å². The predicted molar refractivity (Wildman–Crippen MR) is 91.7 cm³/mol. The van der Waals surface area contributed by atoms with Crippen LogP contribution in [0.2, 0.25) is 0 Å². The molecule has 1 amide bonds. The second-order valence-electron chi connectivity index (χ2n) is 6.36. The molecular weight excluding hydrogens is 302 g/mol. The molecular formula is C19H19N3O2. The summed E-state index contributed by atoms with van der Waals surface area (Å²) in [4.78, 5) is 19.6. The van der Waals surface area contributed by atoms with E-state index >= 15 is 0 Å². The van der Waals surface area contributed by atoms with Crippen molar-refractivity contribution in [3.05, 3.63) is 65.5 Å². The Bertz CT molecular complexity index is 902. The molecule has 0 spiro atoms. The predicted octanol–water partition coefficient (Wildman–Crippen LogP) is 2.52. The Labute approximate surface area is 139 Å². The molecule has 1 aliphatic rings. The smallest absolute Gasteiger partial charge is 0.251 e. The van der Waals surface area contributed by atoms with Crippen LogP contribution in [0.1, 0.15) is 34.3 Å². The molecule has 24 heavy (non-hydrogen) atoms. The van der Waals surface area contributed by atoms with E-state index in [1.54, 1.807) is 18.5 Å². The SMILES string of the molecule is O=C(NCC1(O)CCCc2ccccc21)c1ccc2nc[nH]c2c1. The molecule has 0 bridgehead atoms. The van der Waals surface area contributed by atoms with Gasteiger partial charge in [0, 0.05) is 5.56 Å². The summed E-state index contributed by atoms with van der Waals surface area (Å²) in [5.41, 5.74) is 3.30. The Morgan fingerprint density at radius 1 is 1.29 bits per heavy atom. The Morgan fingerprint density at radius 2 is 2.17 bits per heavy atom. The highest BCUT2D eigenvalue weighted by molar-refractivity contribution is 5.97. The van der Waals surface area contributed by atoms with E-state index in [-0.39, 0.29) is 12.5 Å². The molecule has 2 aromatic carbocycles. The van der Waals surface area contributed by atoms with Gasteiger partial charge in [0.2, 0.25) is 0 Å². The van der Waals surface area contributed by atoms with Crippen molar-refractivity contribution in [2.45, 2.75) is 24.9 Å². The lowest BCUT2D eigenvalue weighted by Crippen LogP contribution is -2.43. The number of aliphatic hydroxyl groups is 1. The highest BCUT2D eigenvalue weighted by Gasteiger charge is 2.34.